The number of carbonyl (C=O) groups excluding carboxylic acids is 2. The number of hydrogen-bond donors (Lipinski definition) is 1. The normalized spacial score (nSPS) is 23.0. The third kappa shape index (κ3) is 4.77. The largest absolute Gasteiger partial charge is 0.497 e. The second-order valence-corrected chi connectivity index (χ2v) is 9.87. The van der Waals surface area contributed by atoms with E-state index in [4.69, 9.17) is 9.47 Å². The molecule has 1 saturated carbocycles. The van der Waals surface area contributed by atoms with E-state index in [1.165, 1.54) is 12.0 Å². The number of allylic oxidation sites excluding steroid dienone is 3. The molecular formula is C30H33NO4. The lowest BCUT2D eigenvalue weighted by Gasteiger charge is -2.37. The number of carbonyl (C=O) groups is 2. The zero-order chi connectivity index (χ0) is 24.4. The Hall–Kier alpha value is -3.34. The standard InChI is InChI=1S/C30H33NO4/c1-19-27(30(33)35-24-11-7-4-8-12-24)28(21-13-15-23(34-2)16-14-21)29-25(31-19)17-22(18-26(29)32)20-9-5-3-6-10-20/h3,5-6,9-10,13-16,22,24,28,31H,4,7-8,11-12,17-18H2,1-2H3/t22-,28-/m0/s1. The molecule has 2 aromatic rings. The van der Waals surface area contributed by atoms with E-state index in [0.717, 1.165) is 54.8 Å². The Labute approximate surface area is 207 Å². The number of nitrogens with one attached hydrogen (secondary N) is 1. The van der Waals surface area contributed by atoms with Crippen molar-refractivity contribution in [1.29, 1.82) is 0 Å². The zero-order valence-corrected chi connectivity index (χ0v) is 20.5. The van der Waals surface area contributed by atoms with E-state index < -0.39 is 5.92 Å². The molecule has 0 spiro atoms. The molecule has 1 N–H and O–H groups in total. The van der Waals surface area contributed by atoms with Crippen molar-refractivity contribution in [2.24, 2.45) is 0 Å². The summed E-state index contributed by atoms with van der Waals surface area (Å²) in [6.07, 6.45) is 6.30. The highest BCUT2D eigenvalue weighted by atomic mass is 16.5. The minimum atomic E-state index is -0.447. The van der Waals surface area contributed by atoms with Crippen molar-refractivity contribution >= 4 is 11.8 Å². The van der Waals surface area contributed by atoms with Gasteiger partial charge >= 0.3 is 5.97 Å². The predicted molar refractivity (Wildman–Crippen MR) is 135 cm³/mol. The maximum absolute atomic E-state index is 13.7. The molecule has 0 amide bonds. The van der Waals surface area contributed by atoms with Gasteiger partial charge in [0.2, 0.25) is 0 Å². The predicted octanol–water partition coefficient (Wildman–Crippen LogP) is 5.93. The number of esters is 1. The van der Waals surface area contributed by atoms with Crippen LogP contribution < -0.4 is 10.1 Å². The molecule has 5 nitrogen and oxygen atoms in total. The molecule has 35 heavy (non-hydrogen) atoms. The van der Waals surface area contributed by atoms with Crippen molar-refractivity contribution in [2.45, 2.75) is 69.8 Å². The lowest BCUT2D eigenvalue weighted by Crippen LogP contribution is -2.37. The maximum atomic E-state index is 13.7. The number of methoxy groups -OCH3 is 1. The molecule has 1 heterocycles. The number of rotatable bonds is 5. The van der Waals surface area contributed by atoms with Gasteiger partial charge in [-0.1, -0.05) is 48.9 Å². The lowest BCUT2D eigenvalue weighted by molar-refractivity contribution is -0.146. The summed E-state index contributed by atoms with van der Waals surface area (Å²) in [5.41, 5.74) is 5.00. The third-order valence-electron chi connectivity index (χ3n) is 7.59. The average Bonchev–Trinajstić information content (AvgIpc) is 2.89. The van der Waals surface area contributed by atoms with Gasteiger partial charge in [0.15, 0.2) is 5.78 Å². The highest BCUT2D eigenvalue weighted by Crippen LogP contribution is 2.46. The first-order valence-corrected chi connectivity index (χ1v) is 12.7. The molecule has 1 fully saturated rings. The third-order valence-corrected chi connectivity index (χ3v) is 7.59. The summed E-state index contributed by atoms with van der Waals surface area (Å²) in [6, 6.07) is 17.9. The Balaban J connectivity index is 1.52. The van der Waals surface area contributed by atoms with Gasteiger partial charge in [-0.3, -0.25) is 4.79 Å². The molecule has 2 aliphatic carbocycles. The number of dihydropyridines is 1. The van der Waals surface area contributed by atoms with E-state index in [1.807, 2.05) is 49.4 Å². The highest BCUT2D eigenvalue weighted by molar-refractivity contribution is 6.04. The van der Waals surface area contributed by atoms with Crippen LogP contribution in [-0.2, 0) is 14.3 Å². The van der Waals surface area contributed by atoms with Crippen molar-refractivity contribution in [3.63, 3.8) is 0 Å². The Morgan fingerprint density at radius 3 is 2.31 bits per heavy atom. The van der Waals surface area contributed by atoms with Gasteiger partial charge in [0.25, 0.3) is 0 Å². The second kappa shape index (κ2) is 10.1. The molecule has 0 aromatic heterocycles. The first-order chi connectivity index (χ1) is 17.0. The van der Waals surface area contributed by atoms with Gasteiger partial charge in [-0.25, -0.2) is 4.79 Å². The number of ketones is 1. The van der Waals surface area contributed by atoms with Crippen LogP contribution in [-0.4, -0.2) is 25.0 Å². The molecule has 5 heteroatoms. The molecule has 0 bridgehead atoms. The molecule has 1 aliphatic heterocycles. The SMILES string of the molecule is COc1ccc([C@H]2C(C(=O)OC3CCCCC3)=C(C)NC3=C2C(=O)C[C@@H](c2ccccc2)C3)cc1. The fraction of sp³-hybridized carbons (Fsp3) is 0.400. The summed E-state index contributed by atoms with van der Waals surface area (Å²) in [5, 5.41) is 3.45. The van der Waals surface area contributed by atoms with Gasteiger partial charge in [-0.2, -0.15) is 0 Å². The van der Waals surface area contributed by atoms with Crippen molar-refractivity contribution in [3.8, 4) is 5.75 Å². The fourth-order valence-electron chi connectivity index (χ4n) is 5.80. The summed E-state index contributed by atoms with van der Waals surface area (Å²) < 4.78 is 11.4. The Morgan fingerprint density at radius 1 is 0.914 bits per heavy atom. The van der Waals surface area contributed by atoms with Crippen LogP contribution in [0.3, 0.4) is 0 Å². The van der Waals surface area contributed by atoms with Crippen LogP contribution in [0.1, 0.15) is 74.8 Å². The Morgan fingerprint density at radius 2 is 1.63 bits per heavy atom. The van der Waals surface area contributed by atoms with Crippen molar-refractivity contribution in [3.05, 3.63) is 88.3 Å². The summed E-state index contributed by atoms with van der Waals surface area (Å²) in [4.78, 5) is 27.3. The molecular weight excluding hydrogens is 438 g/mol. The smallest absolute Gasteiger partial charge is 0.337 e. The molecule has 0 unspecified atom stereocenters. The summed E-state index contributed by atoms with van der Waals surface area (Å²) in [5.74, 6) is 0.187. The van der Waals surface area contributed by atoms with Gasteiger partial charge in [-0.05, 0) is 68.2 Å². The maximum Gasteiger partial charge on any atom is 0.337 e. The minimum Gasteiger partial charge on any atom is -0.497 e. The van der Waals surface area contributed by atoms with Crippen LogP contribution in [0.15, 0.2) is 77.1 Å². The van der Waals surface area contributed by atoms with Gasteiger partial charge in [0.05, 0.1) is 12.7 Å². The van der Waals surface area contributed by atoms with E-state index in [1.54, 1.807) is 7.11 Å². The van der Waals surface area contributed by atoms with Gasteiger partial charge < -0.3 is 14.8 Å². The minimum absolute atomic E-state index is 0.0482. The van der Waals surface area contributed by atoms with Crippen molar-refractivity contribution in [2.75, 3.05) is 7.11 Å². The quantitative estimate of drug-likeness (QED) is 0.548. The Bertz CT molecular complexity index is 1160. The molecule has 2 atom stereocenters. The van der Waals surface area contributed by atoms with Crippen molar-refractivity contribution < 1.29 is 19.1 Å². The Kier molecular flexibility index (Phi) is 6.76. The number of benzene rings is 2. The van der Waals surface area contributed by atoms with Crippen LogP contribution in [0.25, 0.3) is 0 Å². The van der Waals surface area contributed by atoms with Crippen LogP contribution >= 0.6 is 0 Å². The van der Waals surface area contributed by atoms with Gasteiger partial charge in [0, 0.05) is 29.3 Å². The first-order valence-electron chi connectivity index (χ1n) is 12.7. The number of hydrogen-bond acceptors (Lipinski definition) is 5. The number of Topliss-reactive ketones (excluding diaryl/α,β-unsaturated/α-hetero) is 1. The van der Waals surface area contributed by atoms with E-state index in [2.05, 4.69) is 17.4 Å². The summed E-state index contributed by atoms with van der Waals surface area (Å²) >= 11 is 0. The monoisotopic (exact) mass is 471 g/mol. The van der Waals surface area contributed by atoms with E-state index in [-0.39, 0.29) is 23.8 Å². The second-order valence-electron chi connectivity index (χ2n) is 9.87. The van der Waals surface area contributed by atoms with Crippen LogP contribution in [0, 0.1) is 0 Å². The van der Waals surface area contributed by atoms with Crippen molar-refractivity contribution in [1.82, 2.24) is 5.32 Å². The summed E-state index contributed by atoms with van der Waals surface area (Å²) in [6.45, 7) is 1.92. The summed E-state index contributed by atoms with van der Waals surface area (Å²) in [7, 11) is 1.63. The zero-order valence-electron chi connectivity index (χ0n) is 20.5. The molecule has 0 radical (unpaired) electrons. The van der Waals surface area contributed by atoms with Crippen LogP contribution in [0.4, 0.5) is 0 Å². The van der Waals surface area contributed by atoms with E-state index >= 15 is 0 Å². The van der Waals surface area contributed by atoms with Gasteiger partial charge in [-0.15, -0.1) is 0 Å². The number of ether oxygens (including phenoxy) is 2. The van der Waals surface area contributed by atoms with Crippen LogP contribution in [0.2, 0.25) is 0 Å². The van der Waals surface area contributed by atoms with Crippen LogP contribution in [0.5, 0.6) is 5.75 Å². The molecule has 3 aliphatic rings. The average molecular weight is 472 g/mol. The molecule has 182 valence electrons. The lowest BCUT2D eigenvalue weighted by atomic mass is 9.71. The fourth-order valence-corrected chi connectivity index (χ4v) is 5.80. The molecule has 2 aromatic carbocycles. The van der Waals surface area contributed by atoms with E-state index in [0.29, 0.717) is 17.6 Å². The van der Waals surface area contributed by atoms with E-state index in [9.17, 15) is 9.59 Å². The topological polar surface area (TPSA) is 64.6 Å². The van der Waals surface area contributed by atoms with Gasteiger partial charge in [0.1, 0.15) is 11.9 Å². The first kappa shape index (κ1) is 23.4. The molecule has 5 rings (SSSR count). The highest BCUT2D eigenvalue weighted by Gasteiger charge is 2.41. The molecule has 0 saturated heterocycles.